The molecule has 3 aromatic carbocycles. The summed E-state index contributed by atoms with van der Waals surface area (Å²) in [7, 11) is 1.63. The van der Waals surface area contributed by atoms with Gasteiger partial charge in [0.25, 0.3) is 0 Å². The van der Waals surface area contributed by atoms with Crippen LogP contribution in [0.5, 0.6) is 5.75 Å². The number of rotatable bonds is 8. The number of hydrogen-bond donors (Lipinski definition) is 2. The number of anilines is 1. The van der Waals surface area contributed by atoms with Crippen molar-refractivity contribution in [3.05, 3.63) is 90.3 Å². The molecule has 1 aromatic heterocycles. The van der Waals surface area contributed by atoms with Gasteiger partial charge in [-0.3, -0.25) is 0 Å². The molecule has 0 saturated heterocycles. The predicted molar refractivity (Wildman–Crippen MR) is 132 cm³/mol. The lowest BCUT2D eigenvalue weighted by atomic mass is 10.2. The van der Waals surface area contributed by atoms with Crippen molar-refractivity contribution < 1.29 is 9.26 Å². The molecule has 0 aliphatic rings. The molecule has 4 aromatic rings. The molecular formula is C24H22N4O2S2. The number of nitrogens with zero attached hydrogens (tertiary/aromatic N) is 2. The van der Waals surface area contributed by atoms with Crippen LogP contribution in [0.4, 0.5) is 5.69 Å². The number of nitrogens with one attached hydrogen (secondary N) is 2. The molecule has 6 nitrogen and oxygen atoms in total. The summed E-state index contributed by atoms with van der Waals surface area (Å²) >= 11 is 7.19. The first kappa shape index (κ1) is 21.9. The first-order chi connectivity index (χ1) is 15.7. The van der Waals surface area contributed by atoms with E-state index in [0.717, 1.165) is 22.8 Å². The molecule has 4 rings (SSSR count). The molecule has 0 fully saturated rings. The minimum absolute atomic E-state index is 0.334. The topological polar surface area (TPSA) is 72.2 Å². The number of benzene rings is 3. The Morgan fingerprint density at radius 2 is 1.75 bits per heavy atom. The van der Waals surface area contributed by atoms with Crippen LogP contribution in [0.2, 0.25) is 0 Å². The van der Waals surface area contributed by atoms with Crippen LogP contribution in [0.25, 0.3) is 11.4 Å². The van der Waals surface area contributed by atoms with Gasteiger partial charge in [0, 0.05) is 21.9 Å². The maximum atomic E-state index is 5.38. The Bertz CT molecular complexity index is 1150. The summed E-state index contributed by atoms with van der Waals surface area (Å²) in [6.45, 7) is 0.334. The molecule has 8 heteroatoms. The smallest absolute Gasteiger partial charge is 0.246 e. The lowest BCUT2D eigenvalue weighted by molar-refractivity contribution is 0.376. The molecule has 1 heterocycles. The maximum Gasteiger partial charge on any atom is 0.246 e. The molecule has 162 valence electrons. The molecular weight excluding hydrogens is 440 g/mol. The van der Waals surface area contributed by atoms with E-state index in [4.69, 9.17) is 21.5 Å². The third-order valence-corrected chi connectivity index (χ3v) is 5.91. The third kappa shape index (κ3) is 6.09. The Morgan fingerprint density at radius 3 is 2.47 bits per heavy atom. The highest BCUT2D eigenvalue weighted by Gasteiger charge is 2.09. The van der Waals surface area contributed by atoms with Gasteiger partial charge in [0.15, 0.2) is 5.11 Å². The Morgan fingerprint density at radius 1 is 1.00 bits per heavy atom. The number of ether oxygens (including phenoxy) is 1. The number of thiocarbonyl (C=S) groups is 1. The SMILES string of the molecule is COc1ccc(-c2noc(CNC(=S)Nc3ccc(CSc4ccccc4)cc3)n2)cc1. The Balaban J connectivity index is 1.24. The standard InChI is InChI=1S/C24H22N4O2S2/c1-29-20-13-9-18(10-14-20)23-27-22(30-28-23)15-25-24(31)26-19-11-7-17(8-12-19)16-32-21-5-3-2-4-6-21/h2-14H,15-16H2,1H3,(H2,25,26,31). The molecule has 0 radical (unpaired) electrons. The lowest BCUT2D eigenvalue weighted by Crippen LogP contribution is -2.28. The maximum absolute atomic E-state index is 5.38. The quantitative estimate of drug-likeness (QED) is 0.262. The van der Waals surface area contributed by atoms with E-state index in [1.165, 1.54) is 10.5 Å². The van der Waals surface area contributed by atoms with Crippen LogP contribution in [0, 0.1) is 0 Å². The number of aromatic nitrogens is 2. The first-order valence-electron chi connectivity index (χ1n) is 9.98. The van der Waals surface area contributed by atoms with Crippen LogP contribution >= 0.6 is 24.0 Å². The van der Waals surface area contributed by atoms with Gasteiger partial charge in [-0.05, 0) is 66.3 Å². The average molecular weight is 463 g/mol. The van der Waals surface area contributed by atoms with Crippen molar-refractivity contribution in [2.75, 3.05) is 12.4 Å². The van der Waals surface area contributed by atoms with Gasteiger partial charge < -0.3 is 19.9 Å². The third-order valence-electron chi connectivity index (χ3n) is 4.58. The Labute approximate surface area is 196 Å². The van der Waals surface area contributed by atoms with E-state index in [-0.39, 0.29) is 0 Å². The van der Waals surface area contributed by atoms with Crippen molar-refractivity contribution in [3.63, 3.8) is 0 Å². The van der Waals surface area contributed by atoms with E-state index in [2.05, 4.69) is 57.2 Å². The molecule has 0 atom stereocenters. The van der Waals surface area contributed by atoms with Crippen molar-refractivity contribution >= 4 is 34.8 Å². The zero-order chi connectivity index (χ0) is 22.2. The summed E-state index contributed by atoms with van der Waals surface area (Å²) in [6.07, 6.45) is 0. The summed E-state index contributed by atoms with van der Waals surface area (Å²) in [6, 6.07) is 26.1. The van der Waals surface area contributed by atoms with E-state index in [1.807, 2.05) is 54.2 Å². The molecule has 0 bridgehead atoms. The summed E-state index contributed by atoms with van der Waals surface area (Å²) in [5, 5.41) is 10.8. The monoisotopic (exact) mass is 462 g/mol. The van der Waals surface area contributed by atoms with Crippen molar-refractivity contribution in [2.24, 2.45) is 0 Å². The van der Waals surface area contributed by atoms with Crippen LogP contribution in [-0.4, -0.2) is 22.4 Å². The molecule has 0 aliphatic carbocycles. The highest BCUT2D eigenvalue weighted by atomic mass is 32.2. The lowest BCUT2D eigenvalue weighted by Gasteiger charge is -2.09. The van der Waals surface area contributed by atoms with Gasteiger partial charge in [0.2, 0.25) is 11.7 Å². The van der Waals surface area contributed by atoms with Gasteiger partial charge in [-0.2, -0.15) is 4.98 Å². The van der Waals surface area contributed by atoms with Crippen molar-refractivity contribution in [1.29, 1.82) is 0 Å². The molecule has 0 saturated carbocycles. The summed E-state index contributed by atoms with van der Waals surface area (Å²) in [5.41, 5.74) is 3.02. The van der Waals surface area contributed by atoms with Gasteiger partial charge in [0.1, 0.15) is 5.75 Å². The van der Waals surface area contributed by atoms with Crippen LogP contribution in [0.3, 0.4) is 0 Å². The highest BCUT2D eigenvalue weighted by Crippen LogP contribution is 2.23. The second-order valence-electron chi connectivity index (χ2n) is 6.85. The molecule has 2 N–H and O–H groups in total. The van der Waals surface area contributed by atoms with Crippen LogP contribution < -0.4 is 15.4 Å². The van der Waals surface area contributed by atoms with E-state index in [1.54, 1.807) is 7.11 Å². The number of hydrogen-bond acceptors (Lipinski definition) is 6. The second-order valence-corrected chi connectivity index (χ2v) is 8.30. The van der Waals surface area contributed by atoms with Gasteiger partial charge >= 0.3 is 0 Å². The Hall–Kier alpha value is -3.36. The summed E-state index contributed by atoms with van der Waals surface area (Å²) in [5.74, 6) is 2.67. The second kappa shape index (κ2) is 10.8. The minimum Gasteiger partial charge on any atom is -0.497 e. The average Bonchev–Trinajstić information content (AvgIpc) is 3.32. The molecule has 0 spiro atoms. The fraction of sp³-hybridized carbons (Fsp3) is 0.125. The minimum atomic E-state index is 0.334. The Kier molecular flexibility index (Phi) is 7.37. The van der Waals surface area contributed by atoms with E-state index in [9.17, 15) is 0 Å². The van der Waals surface area contributed by atoms with Crippen molar-refractivity contribution in [2.45, 2.75) is 17.2 Å². The van der Waals surface area contributed by atoms with Gasteiger partial charge in [-0.15, -0.1) is 11.8 Å². The normalized spacial score (nSPS) is 10.5. The van der Waals surface area contributed by atoms with Gasteiger partial charge in [-0.1, -0.05) is 35.5 Å². The van der Waals surface area contributed by atoms with Gasteiger partial charge in [-0.25, -0.2) is 0 Å². The summed E-state index contributed by atoms with van der Waals surface area (Å²) < 4.78 is 10.5. The first-order valence-corrected chi connectivity index (χ1v) is 11.4. The van der Waals surface area contributed by atoms with Crippen molar-refractivity contribution in [1.82, 2.24) is 15.5 Å². The fourth-order valence-electron chi connectivity index (χ4n) is 2.88. The molecule has 0 aliphatic heterocycles. The van der Waals surface area contributed by atoms with Crippen molar-refractivity contribution in [3.8, 4) is 17.1 Å². The van der Waals surface area contributed by atoms with Crippen LogP contribution in [0.1, 0.15) is 11.5 Å². The zero-order valence-corrected chi connectivity index (χ0v) is 19.1. The fourth-order valence-corrected chi connectivity index (χ4v) is 3.95. The highest BCUT2D eigenvalue weighted by molar-refractivity contribution is 7.98. The van der Waals surface area contributed by atoms with E-state index < -0.39 is 0 Å². The number of thioether (sulfide) groups is 1. The number of methoxy groups -OCH3 is 1. The van der Waals surface area contributed by atoms with Crippen LogP contribution in [0.15, 0.2) is 88.3 Å². The van der Waals surface area contributed by atoms with Crippen LogP contribution in [-0.2, 0) is 12.3 Å². The van der Waals surface area contributed by atoms with E-state index >= 15 is 0 Å². The van der Waals surface area contributed by atoms with E-state index in [0.29, 0.717) is 23.4 Å². The van der Waals surface area contributed by atoms with Gasteiger partial charge in [0.05, 0.1) is 13.7 Å². The molecule has 0 amide bonds. The zero-order valence-electron chi connectivity index (χ0n) is 17.4. The molecule has 32 heavy (non-hydrogen) atoms. The summed E-state index contributed by atoms with van der Waals surface area (Å²) in [4.78, 5) is 5.66. The predicted octanol–water partition coefficient (Wildman–Crippen LogP) is 5.52. The molecule has 0 unspecified atom stereocenters. The largest absolute Gasteiger partial charge is 0.497 e.